The quantitative estimate of drug-likeness (QED) is 0.649. The average Bonchev–Trinajstić information content (AvgIpc) is 2.62. The van der Waals surface area contributed by atoms with Crippen LogP contribution in [0.1, 0.15) is 16.7 Å². The van der Waals surface area contributed by atoms with Gasteiger partial charge in [-0.1, -0.05) is 12.1 Å². The van der Waals surface area contributed by atoms with Gasteiger partial charge in [-0.2, -0.15) is 5.10 Å². The van der Waals surface area contributed by atoms with E-state index in [1.807, 2.05) is 0 Å². The first-order valence-electron chi connectivity index (χ1n) is 8.10. The maximum Gasteiger partial charge on any atom is 0.265 e. The Labute approximate surface area is 150 Å². The first kappa shape index (κ1) is 17.5. The number of ether oxygens (including phenoxy) is 1. The molecule has 7 nitrogen and oxygen atoms in total. The van der Waals surface area contributed by atoms with Crippen molar-refractivity contribution in [1.82, 2.24) is 5.43 Å². The number of aryl methyl sites for hydroxylation is 2. The number of benzene rings is 2. The number of hydrogen-bond donors (Lipinski definition) is 2. The fourth-order valence-corrected chi connectivity index (χ4v) is 2.75. The van der Waals surface area contributed by atoms with E-state index >= 15 is 0 Å². The third kappa shape index (κ3) is 3.66. The molecule has 1 heterocycles. The van der Waals surface area contributed by atoms with Gasteiger partial charge in [0.15, 0.2) is 6.61 Å². The van der Waals surface area contributed by atoms with Crippen molar-refractivity contribution in [3.8, 4) is 11.5 Å². The second-order valence-corrected chi connectivity index (χ2v) is 6.03. The molecule has 2 aromatic rings. The average molecular weight is 353 g/mol. The molecule has 1 aliphatic rings. The zero-order valence-corrected chi connectivity index (χ0v) is 14.5. The number of amides is 2. The van der Waals surface area contributed by atoms with Crippen LogP contribution in [0.5, 0.6) is 11.5 Å². The number of carbonyl (C=O) groups is 2. The molecule has 26 heavy (non-hydrogen) atoms. The van der Waals surface area contributed by atoms with E-state index in [9.17, 15) is 14.7 Å². The van der Waals surface area contributed by atoms with Crippen molar-refractivity contribution >= 4 is 23.7 Å². The molecule has 134 valence electrons. The molecule has 0 radical (unpaired) electrons. The van der Waals surface area contributed by atoms with E-state index in [-0.39, 0.29) is 24.8 Å². The van der Waals surface area contributed by atoms with Crippen molar-refractivity contribution < 1.29 is 19.4 Å². The molecule has 3 rings (SSSR count). The van der Waals surface area contributed by atoms with Gasteiger partial charge in [-0.3, -0.25) is 14.5 Å². The highest BCUT2D eigenvalue weighted by molar-refractivity contribution is 6.02. The van der Waals surface area contributed by atoms with E-state index in [0.717, 1.165) is 16.7 Å². The summed E-state index contributed by atoms with van der Waals surface area (Å²) in [4.78, 5) is 25.6. The minimum absolute atomic E-state index is 0.0976. The van der Waals surface area contributed by atoms with E-state index in [4.69, 9.17) is 4.74 Å². The number of hydrazone groups is 1. The zero-order valence-electron chi connectivity index (χ0n) is 14.5. The number of phenols is 1. The van der Waals surface area contributed by atoms with Crippen LogP contribution in [-0.2, 0) is 9.59 Å². The lowest BCUT2D eigenvalue weighted by Crippen LogP contribution is -2.44. The lowest BCUT2D eigenvalue weighted by Gasteiger charge is -2.28. The van der Waals surface area contributed by atoms with E-state index in [1.165, 1.54) is 11.1 Å². The highest BCUT2D eigenvalue weighted by atomic mass is 16.5. The van der Waals surface area contributed by atoms with Crippen LogP contribution in [0.2, 0.25) is 0 Å². The Morgan fingerprint density at radius 2 is 2.00 bits per heavy atom. The van der Waals surface area contributed by atoms with Crippen LogP contribution in [0, 0.1) is 13.8 Å². The van der Waals surface area contributed by atoms with Gasteiger partial charge in [0.25, 0.3) is 11.8 Å². The second-order valence-electron chi connectivity index (χ2n) is 6.03. The van der Waals surface area contributed by atoms with Gasteiger partial charge in [0.05, 0.1) is 11.9 Å². The molecule has 0 aliphatic carbocycles. The molecule has 0 aromatic heterocycles. The molecule has 0 fully saturated rings. The number of aromatic hydroxyl groups is 1. The standard InChI is InChI=1S/C19H19N3O4/c1-12-7-14(8-13(2)19(12)25)9-20-21-17(23)10-22-15-5-3-4-6-16(15)26-11-18(22)24/h3-9,25H,10-11H2,1-2H3,(H,21,23)/b20-9+. The van der Waals surface area contributed by atoms with E-state index in [1.54, 1.807) is 50.2 Å². The number of fused-ring (bicyclic) bond motifs is 1. The summed E-state index contributed by atoms with van der Waals surface area (Å²) in [5.74, 6) is 0.111. The van der Waals surface area contributed by atoms with Gasteiger partial charge in [0.1, 0.15) is 18.0 Å². The number of anilines is 1. The fraction of sp³-hybridized carbons (Fsp3) is 0.211. The van der Waals surface area contributed by atoms with Crippen LogP contribution in [0.25, 0.3) is 0 Å². The Balaban J connectivity index is 1.65. The minimum atomic E-state index is -0.418. The molecule has 0 atom stereocenters. The third-order valence-electron chi connectivity index (χ3n) is 4.03. The molecule has 1 aliphatic heterocycles. The minimum Gasteiger partial charge on any atom is -0.507 e. The smallest absolute Gasteiger partial charge is 0.265 e. The van der Waals surface area contributed by atoms with Gasteiger partial charge in [0, 0.05) is 0 Å². The largest absolute Gasteiger partial charge is 0.507 e. The van der Waals surface area contributed by atoms with Crippen LogP contribution in [0.15, 0.2) is 41.5 Å². The number of phenolic OH excluding ortho intramolecular Hbond substituents is 1. The molecule has 2 amide bonds. The van der Waals surface area contributed by atoms with Crippen molar-refractivity contribution in [3.63, 3.8) is 0 Å². The number of hydrogen-bond acceptors (Lipinski definition) is 5. The molecule has 7 heteroatoms. The monoisotopic (exact) mass is 353 g/mol. The van der Waals surface area contributed by atoms with E-state index in [0.29, 0.717) is 11.4 Å². The number of nitrogens with zero attached hydrogens (tertiary/aromatic N) is 2. The Kier molecular flexibility index (Phi) is 4.88. The third-order valence-corrected chi connectivity index (χ3v) is 4.03. The van der Waals surface area contributed by atoms with E-state index < -0.39 is 5.91 Å². The molecule has 2 aromatic carbocycles. The van der Waals surface area contributed by atoms with Crippen LogP contribution in [0.3, 0.4) is 0 Å². The maximum absolute atomic E-state index is 12.1. The number of rotatable bonds is 4. The molecule has 0 unspecified atom stereocenters. The molecule has 0 saturated heterocycles. The summed E-state index contributed by atoms with van der Waals surface area (Å²) < 4.78 is 5.35. The summed E-state index contributed by atoms with van der Waals surface area (Å²) in [5.41, 5.74) is 5.19. The first-order chi connectivity index (χ1) is 12.5. The molecule has 0 spiro atoms. The molecule has 2 N–H and O–H groups in total. The van der Waals surface area contributed by atoms with Gasteiger partial charge in [-0.15, -0.1) is 0 Å². The van der Waals surface area contributed by atoms with Gasteiger partial charge < -0.3 is 9.84 Å². The van der Waals surface area contributed by atoms with Crippen molar-refractivity contribution in [2.75, 3.05) is 18.1 Å². The lowest BCUT2D eigenvalue weighted by atomic mass is 10.1. The fourth-order valence-electron chi connectivity index (χ4n) is 2.75. The number of para-hydroxylation sites is 2. The molecular formula is C19H19N3O4. The molecule has 0 bridgehead atoms. The van der Waals surface area contributed by atoms with Crippen molar-refractivity contribution in [2.24, 2.45) is 5.10 Å². The van der Waals surface area contributed by atoms with E-state index in [2.05, 4.69) is 10.5 Å². The van der Waals surface area contributed by atoms with Crippen LogP contribution >= 0.6 is 0 Å². The van der Waals surface area contributed by atoms with Gasteiger partial charge in [-0.05, 0) is 54.8 Å². The predicted molar refractivity (Wildman–Crippen MR) is 97.6 cm³/mol. The van der Waals surface area contributed by atoms with Gasteiger partial charge in [-0.25, -0.2) is 5.43 Å². The first-order valence-corrected chi connectivity index (χ1v) is 8.10. The van der Waals surface area contributed by atoms with Crippen LogP contribution in [0.4, 0.5) is 5.69 Å². The summed E-state index contributed by atoms with van der Waals surface area (Å²) in [6.07, 6.45) is 1.49. The Hall–Kier alpha value is -3.35. The SMILES string of the molecule is Cc1cc(/C=N/NC(=O)CN2C(=O)COc3ccccc32)cc(C)c1O. The maximum atomic E-state index is 12.1. The second kappa shape index (κ2) is 7.26. The number of carbonyl (C=O) groups excluding carboxylic acids is 2. The molecule has 0 saturated carbocycles. The summed E-state index contributed by atoms with van der Waals surface area (Å²) in [7, 11) is 0. The topological polar surface area (TPSA) is 91.2 Å². The highest BCUT2D eigenvalue weighted by Crippen LogP contribution is 2.31. The van der Waals surface area contributed by atoms with Crippen LogP contribution < -0.4 is 15.1 Å². The van der Waals surface area contributed by atoms with Crippen LogP contribution in [-0.4, -0.2) is 36.3 Å². The number of nitrogens with one attached hydrogen (secondary N) is 1. The lowest BCUT2D eigenvalue weighted by molar-refractivity contribution is -0.125. The summed E-state index contributed by atoms with van der Waals surface area (Å²) >= 11 is 0. The summed E-state index contributed by atoms with van der Waals surface area (Å²) in [6.45, 7) is 3.34. The normalized spacial score (nSPS) is 13.5. The zero-order chi connectivity index (χ0) is 18.7. The Morgan fingerprint density at radius 3 is 2.73 bits per heavy atom. The van der Waals surface area contributed by atoms with Gasteiger partial charge in [0.2, 0.25) is 0 Å². The Morgan fingerprint density at radius 1 is 1.31 bits per heavy atom. The highest BCUT2D eigenvalue weighted by Gasteiger charge is 2.26. The van der Waals surface area contributed by atoms with Crippen molar-refractivity contribution in [3.05, 3.63) is 53.1 Å². The summed E-state index contributed by atoms with van der Waals surface area (Å²) in [5, 5.41) is 13.7. The Bertz CT molecular complexity index is 869. The predicted octanol–water partition coefficient (Wildman–Crippen LogP) is 1.88. The van der Waals surface area contributed by atoms with Gasteiger partial charge >= 0.3 is 0 Å². The molecular weight excluding hydrogens is 334 g/mol. The summed E-state index contributed by atoms with van der Waals surface area (Å²) in [6, 6.07) is 10.6. The van der Waals surface area contributed by atoms with Crippen molar-refractivity contribution in [1.29, 1.82) is 0 Å². The van der Waals surface area contributed by atoms with Crippen molar-refractivity contribution in [2.45, 2.75) is 13.8 Å².